The molecule has 1 aromatic carbocycles. The van der Waals surface area contributed by atoms with Gasteiger partial charge in [-0.2, -0.15) is 0 Å². The van der Waals surface area contributed by atoms with E-state index in [-0.39, 0.29) is 5.82 Å². The number of aromatic nitrogens is 3. The summed E-state index contributed by atoms with van der Waals surface area (Å²) in [5, 5.41) is 0.757. The van der Waals surface area contributed by atoms with E-state index in [4.69, 9.17) is 0 Å². The van der Waals surface area contributed by atoms with Crippen molar-refractivity contribution in [2.45, 2.75) is 32.4 Å². The Hall–Kier alpha value is -2.60. The molecule has 1 aliphatic heterocycles. The molecule has 2 aromatic heterocycles. The second kappa shape index (κ2) is 7.96. The molecule has 1 atom stereocenters. The smallest absolute Gasteiger partial charge is 0.140 e. The maximum Gasteiger partial charge on any atom is 0.140 e. The normalized spacial score (nSPS) is 17.5. The van der Waals surface area contributed by atoms with E-state index >= 15 is 0 Å². The number of halogens is 1. The van der Waals surface area contributed by atoms with Gasteiger partial charge in [-0.15, -0.1) is 0 Å². The van der Waals surface area contributed by atoms with Gasteiger partial charge < -0.3 is 4.90 Å². The monoisotopic (exact) mass is 365 g/mol. The first-order chi connectivity index (χ1) is 13.2. The van der Waals surface area contributed by atoms with Crippen molar-refractivity contribution in [3.63, 3.8) is 0 Å². The quantitative estimate of drug-likeness (QED) is 0.667. The third kappa shape index (κ3) is 3.90. The zero-order valence-electron chi connectivity index (χ0n) is 15.6. The molecule has 140 valence electrons. The highest BCUT2D eigenvalue weighted by atomic mass is 19.1. The van der Waals surface area contributed by atoms with E-state index in [2.05, 4.69) is 31.7 Å². The van der Waals surface area contributed by atoms with Crippen LogP contribution in [0.1, 0.15) is 25.3 Å². The molecule has 0 bridgehead atoms. The van der Waals surface area contributed by atoms with Gasteiger partial charge in [-0.05, 0) is 61.8 Å². The minimum atomic E-state index is -0.265. The number of nitrogens with zero attached hydrogens (tertiary/aromatic N) is 5. The third-order valence-corrected chi connectivity index (χ3v) is 5.34. The van der Waals surface area contributed by atoms with Gasteiger partial charge in [0.15, 0.2) is 0 Å². The van der Waals surface area contributed by atoms with Crippen molar-refractivity contribution >= 4 is 16.7 Å². The molecule has 1 fully saturated rings. The van der Waals surface area contributed by atoms with Crippen molar-refractivity contribution in [1.29, 1.82) is 0 Å². The minimum Gasteiger partial charge on any atom is -0.350 e. The SMILES string of the molecule is CCN1CCCC1CN(Cc1ccncc1)c1ncnc2ccc(F)cc12. The first kappa shape index (κ1) is 17.8. The molecule has 1 unspecified atom stereocenters. The molecule has 5 nitrogen and oxygen atoms in total. The van der Waals surface area contributed by atoms with Gasteiger partial charge in [0.05, 0.1) is 5.52 Å². The van der Waals surface area contributed by atoms with Crippen LogP contribution in [0.4, 0.5) is 10.2 Å². The third-order valence-electron chi connectivity index (χ3n) is 5.34. The molecule has 6 heteroatoms. The number of hydrogen-bond donors (Lipinski definition) is 0. The van der Waals surface area contributed by atoms with Gasteiger partial charge >= 0.3 is 0 Å². The summed E-state index contributed by atoms with van der Waals surface area (Å²) >= 11 is 0. The highest BCUT2D eigenvalue weighted by Crippen LogP contribution is 2.27. The first-order valence-electron chi connectivity index (χ1n) is 9.52. The Bertz CT molecular complexity index is 901. The number of pyridine rings is 1. The lowest BCUT2D eigenvalue weighted by Gasteiger charge is -2.31. The minimum absolute atomic E-state index is 0.265. The summed E-state index contributed by atoms with van der Waals surface area (Å²) in [6.07, 6.45) is 7.58. The zero-order chi connectivity index (χ0) is 18.6. The molecule has 3 heterocycles. The largest absolute Gasteiger partial charge is 0.350 e. The molecular formula is C21H24FN5. The van der Waals surface area contributed by atoms with Crippen LogP contribution in [-0.4, -0.2) is 45.5 Å². The van der Waals surface area contributed by atoms with Crippen LogP contribution < -0.4 is 4.90 Å². The van der Waals surface area contributed by atoms with E-state index < -0.39 is 0 Å². The Morgan fingerprint density at radius 3 is 2.85 bits per heavy atom. The molecule has 0 saturated carbocycles. The van der Waals surface area contributed by atoms with E-state index in [0.717, 1.165) is 41.9 Å². The molecule has 0 radical (unpaired) electrons. The molecule has 0 amide bonds. The number of rotatable bonds is 6. The lowest BCUT2D eigenvalue weighted by molar-refractivity contribution is 0.268. The molecule has 3 aromatic rings. The molecule has 1 saturated heterocycles. The number of benzene rings is 1. The average molecular weight is 365 g/mol. The number of likely N-dealkylation sites (N-methyl/N-ethyl adjacent to an activating group) is 1. The summed E-state index contributed by atoms with van der Waals surface area (Å²) in [4.78, 5) is 17.8. The van der Waals surface area contributed by atoms with Crippen molar-refractivity contribution in [2.75, 3.05) is 24.5 Å². The Morgan fingerprint density at radius 1 is 1.19 bits per heavy atom. The average Bonchev–Trinajstić information content (AvgIpc) is 3.15. The molecule has 0 N–H and O–H groups in total. The van der Waals surface area contributed by atoms with Crippen molar-refractivity contribution in [3.05, 3.63) is 60.4 Å². The fraction of sp³-hybridized carbons (Fsp3) is 0.381. The summed E-state index contributed by atoms with van der Waals surface area (Å²) in [6.45, 7) is 5.97. The van der Waals surface area contributed by atoms with Crippen LogP contribution in [0.25, 0.3) is 10.9 Å². The fourth-order valence-corrected chi connectivity index (χ4v) is 3.97. The van der Waals surface area contributed by atoms with Crippen LogP contribution in [0.3, 0.4) is 0 Å². The second-order valence-electron chi connectivity index (χ2n) is 7.02. The molecule has 0 aliphatic carbocycles. The van der Waals surface area contributed by atoms with Crippen LogP contribution >= 0.6 is 0 Å². The number of likely N-dealkylation sites (tertiary alicyclic amines) is 1. The van der Waals surface area contributed by atoms with Crippen LogP contribution in [0.2, 0.25) is 0 Å². The molecular weight excluding hydrogens is 341 g/mol. The zero-order valence-corrected chi connectivity index (χ0v) is 15.6. The maximum absolute atomic E-state index is 13.9. The van der Waals surface area contributed by atoms with Gasteiger partial charge in [0.2, 0.25) is 0 Å². The predicted molar refractivity (Wildman–Crippen MR) is 105 cm³/mol. The lowest BCUT2D eigenvalue weighted by atomic mass is 10.1. The van der Waals surface area contributed by atoms with Gasteiger partial charge in [-0.3, -0.25) is 9.88 Å². The topological polar surface area (TPSA) is 45.2 Å². The van der Waals surface area contributed by atoms with Gasteiger partial charge in [0.1, 0.15) is 18.0 Å². The molecule has 1 aliphatic rings. The Kier molecular flexibility index (Phi) is 5.25. The Morgan fingerprint density at radius 2 is 2.04 bits per heavy atom. The van der Waals surface area contributed by atoms with Crippen molar-refractivity contribution in [3.8, 4) is 0 Å². The highest BCUT2D eigenvalue weighted by Gasteiger charge is 2.26. The van der Waals surface area contributed by atoms with Crippen molar-refractivity contribution in [2.24, 2.45) is 0 Å². The van der Waals surface area contributed by atoms with Gasteiger partial charge in [0, 0.05) is 36.9 Å². The number of anilines is 1. The van der Waals surface area contributed by atoms with Crippen LogP contribution in [0, 0.1) is 5.82 Å². The van der Waals surface area contributed by atoms with E-state index in [1.807, 2.05) is 12.1 Å². The summed E-state index contributed by atoms with van der Waals surface area (Å²) in [6, 6.07) is 9.22. The Balaban J connectivity index is 1.72. The van der Waals surface area contributed by atoms with Crippen molar-refractivity contribution in [1.82, 2.24) is 19.9 Å². The van der Waals surface area contributed by atoms with E-state index in [0.29, 0.717) is 12.6 Å². The predicted octanol–water partition coefficient (Wildman–Crippen LogP) is 3.65. The summed E-state index contributed by atoms with van der Waals surface area (Å²) in [5.41, 5.74) is 1.93. The summed E-state index contributed by atoms with van der Waals surface area (Å²) in [7, 11) is 0. The maximum atomic E-state index is 13.9. The number of hydrogen-bond acceptors (Lipinski definition) is 5. The van der Waals surface area contributed by atoms with Gasteiger partial charge in [-0.25, -0.2) is 14.4 Å². The Labute approximate surface area is 158 Å². The number of fused-ring (bicyclic) bond motifs is 1. The van der Waals surface area contributed by atoms with Gasteiger partial charge in [-0.1, -0.05) is 6.92 Å². The van der Waals surface area contributed by atoms with Crippen LogP contribution in [0.5, 0.6) is 0 Å². The standard InChI is InChI=1S/C21H24FN5/c1-2-26-11-3-4-18(26)14-27(13-16-7-9-23-10-8-16)21-19-12-17(22)5-6-20(19)24-15-25-21/h5-10,12,15,18H,2-4,11,13-14H2,1H3. The lowest BCUT2D eigenvalue weighted by Crippen LogP contribution is -2.40. The fourth-order valence-electron chi connectivity index (χ4n) is 3.97. The molecule has 0 spiro atoms. The summed E-state index contributed by atoms with van der Waals surface area (Å²) in [5.74, 6) is 0.526. The van der Waals surface area contributed by atoms with E-state index in [1.165, 1.54) is 25.0 Å². The van der Waals surface area contributed by atoms with E-state index in [9.17, 15) is 4.39 Å². The first-order valence-corrected chi connectivity index (χ1v) is 9.52. The van der Waals surface area contributed by atoms with Crippen molar-refractivity contribution < 1.29 is 4.39 Å². The van der Waals surface area contributed by atoms with E-state index in [1.54, 1.807) is 24.8 Å². The molecule has 4 rings (SSSR count). The summed E-state index contributed by atoms with van der Waals surface area (Å²) < 4.78 is 13.9. The highest BCUT2D eigenvalue weighted by molar-refractivity contribution is 5.89. The van der Waals surface area contributed by atoms with Gasteiger partial charge in [0.25, 0.3) is 0 Å². The van der Waals surface area contributed by atoms with Crippen LogP contribution in [-0.2, 0) is 6.54 Å². The molecule has 27 heavy (non-hydrogen) atoms. The second-order valence-corrected chi connectivity index (χ2v) is 7.02. The van der Waals surface area contributed by atoms with Crippen LogP contribution in [0.15, 0.2) is 49.1 Å².